The maximum atomic E-state index is 11.9. The topological polar surface area (TPSA) is 95.4 Å². The van der Waals surface area contributed by atoms with Crippen LogP contribution >= 0.6 is 0 Å². The van der Waals surface area contributed by atoms with Crippen LogP contribution in [0.2, 0.25) is 0 Å². The zero-order valence-electron chi connectivity index (χ0n) is 11.5. The standard InChI is InChI=1S/C14H20N2O3/c1-9(2)14(16,12(15)17)13(18)19-8-11-6-4-10(3)5-7-11/h4-7,9H,8,16H2,1-3H3,(H2,15,17)/t14-/m0/s1. The van der Waals surface area contributed by atoms with Gasteiger partial charge in [0, 0.05) is 0 Å². The van der Waals surface area contributed by atoms with Crippen molar-refractivity contribution in [1.82, 2.24) is 0 Å². The van der Waals surface area contributed by atoms with E-state index in [0.29, 0.717) is 0 Å². The Morgan fingerprint density at radius 2 is 1.79 bits per heavy atom. The minimum atomic E-state index is -1.79. The molecular formula is C14H20N2O3. The van der Waals surface area contributed by atoms with E-state index in [9.17, 15) is 9.59 Å². The Labute approximate surface area is 112 Å². The molecule has 1 amide bonds. The van der Waals surface area contributed by atoms with Gasteiger partial charge in [0.2, 0.25) is 5.91 Å². The predicted octanol–water partition coefficient (Wildman–Crippen LogP) is 0.877. The second-order valence-electron chi connectivity index (χ2n) is 4.95. The third-order valence-corrected chi connectivity index (χ3v) is 3.15. The second-order valence-corrected chi connectivity index (χ2v) is 4.95. The zero-order chi connectivity index (χ0) is 14.6. The lowest BCUT2D eigenvalue weighted by Crippen LogP contribution is -2.62. The number of hydrogen-bond acceptors (Lipinski definition) is 4. The summed E-state index contributed by atoms with van der Waals surface area (Å²) in [6, 6.07) is 7.52. The van der Waals surface area contributed by atoms with Gasteiger partial charge in [-0.05, 0) is 18.4 Å². The van der Waals surface area contributed by atoms with Crippen molar-refractivity contribution in [3.8, 4) is 0 Å². The van der Waals surface area contributed by atoms with Crippen molar-refractivity contribution in [2.45, 2.75) is 32.9 Å². The molecule has 0 aliphatic heterocycles. The van der Waals surface area contributed by atoms with E-state index in [4.69, 9.17) is 16.2 Å². The molecule has 5 nitrogen and oxygen atoms in total. The van der Waals surface area contributed by atoms with Gasteiger partial charge in [-0.2, -0.15) is 0 Å². The van der Waals surface area contributed by atoms with Crippen molar-refractivity contribution in [1.29, 1.82) is 0 Å². The van der Waals surface area contributed by atoms with Crippen molar-refractivity contribution in [3.05, 3.63) is 35.4 Å². The number of ether oxygens (including phenoxy) is 1. The van der Waals surface area contributed by atoms with Crippen molar-refractivity contribution in [3.63, 3.8) is 0 Å². The molecule has 0 aliphatic carbocycles. The van der Waals surface area contributed by atoms with Gasteiger partial charge < -0.3 is 16.2 Å². The number of carbonyl (C=O) groups excluding carboxylic acids is 2. The number of nitrogens with two attached hydrogens (primary N) is 2. The normalized spacial score (nSPS) is 13.9. The molecule has 1 atom stereocenters. The van der Waals surface area contributed by atoms with Gasteiger partial charge in [-0.25, -0.2) is 4.79 Å². The van der Waals surface area contributed by atoms with Crippen molar-refractivity contribution >= 4 is 11.9 Å². The molecule has 1 rings (SSSR count). The third kappa shape index (κ3) is 3.32. The van der Waals surface area contributed by atoms with Crippen LogP contribution in [0.4, 0.5) is 0 Å². The lowest BCUT2D eigenvalue weighted by atomic mass is 9.87. The Balaban J connectivity index is 2.74. The quantitative estimate of drug-likeness (QED) is 0.609. The second kappa shape index (κ2) is 5.84. The number of carbonyl (C=O) groups is 2. The van der Waals surface area contributed by atoms with Gasteiger partial charge in [0.05, 0.1) is 0 Å². The number of esters is 1. The van der Waals surface area contributed by atoms with Crippen LogP contribution in [0.1, 0.15) is 25.0 Å². The summed E-state index contributed by atoms with van der Waals surface area (Å²) in [5.41, 5.74) is 11.1. The van der Waals surface area contributed by atoms with Gasteiger partial charge in [0.25, 0.3) is 0 Å². The van der Waals surface area contributed by atoms with Crippen molar-refractivity contribution in [2.24, 2.45) is 17.4 Å². The molecular weight excluding hydrogens is 244 g/mol. The van der Waals surface area contributed by atoms with Crippen LogP contribution in [0.5, 0.6) is 0 Å². The molecule has 0 saturated heterocycles. The van der Waals surface area contributed by atoms with Crippen molar-refractivity contribution in [2.75, 3.05) is 0 Å². The van der Waals surface area contributed by atoms with E-state index >= 15 is 0 Å². The van der Waals surface area contributed by atoms with Crippen LogP contribution in [-0.4, -0.2) is 17.4 Å². The highest BCUT2D eigenvalue weighted by atomic mass is 16.5. The average Bonchev–Trinajstić information content (AvgIpc) is 2.36. The van der Waals surface area contributed by atoms with E-state index in [1.165, 1.54) is 0 Å². The predicted molar refractivity (Wildman–Crippen MR) is 71.9 cm³/mol. The van der Waals surface area contributed by atoms with Crippen LogP contribution < -0.4 is 11.5 Å². The molecule has 1 aromatic carbocycles. The number of aryl methyl sites for hydroxylation is 1. The summed E-state index contributed by atoms with van der Waals surface area (Å²) in [5, 5.41) is 0. The fourth-order valence-corrected chi connectivity index (χ4v) is 1.57. The first kappa shape index (κ1) is 15.2. The molecule has 0 radical (unpaired) electrons. The van der Waals surface area contributed by atoms with Gasteiger partial charge >= 0.3 is 5.97 Å². The number of rotatable bonds is 5. The van der Waals surface area contributed by atoms with E-state index in [1.807, 2.05) is 31.2 Å². The summed E-state index contributed by atoms with van der Waals surface area (Å²) in [4.78, 5) is 23.3. The van der Waals surface area contributed by atoms with E-state index < -0.39 is 23.3 Å². The molecule has 0 aromatic heterocycles. The van der Waals surface area contributed by atoms with Gasteiger partial charge in [-0.15, -0.1) is 0 Å². The minimum absolute atomic E-state index is 0.0675. The summed E-state index contributed by atoms with van der Waals surface area (Å²) in [6.07, 6.45) is 0. The van der Waals surface area contributed by atoms with Gasteiger partial charge in [0.15, 0.2) is 5.54 Å². The molecule has 0 spiro atoms. The fraction of sp³-hybridized carbons (Fsp3) is 0.429. The molecule has 0 aliphatic rings. The van der Waals surface area contributed by atoms with Gasteiger partial charge in [0.1, 0.15) is 6.61 Å². The summed E-state index contributed by atoms with van der Waals surface area (Å²) >= 11 is 0. The highest BCUT2D eigenvalue weighted by molar-refractivity contribution is 6.06. The number of amides is 1. The summed E-state index contributed by atoms with van der Waals surface area (Å²) in [7, 11) is 0. The van der Waals surface area contributed by atoms with Crippen LogP contribution in [0.3, 0.4) is 0 Å². The SMILES string of the molecule is Cc1ccc(COC(=O)[C@@](N)(C(N)=O)C(C)C)cc1. The Morgan fingerprint density at radius 3 is 2.21 bits per heavy atom. The van der Waals surface area contributed by atoms with Crippen LogP contribution in [0.25, 0.3) is 0 Å². The summed E-state index contributed by atoms with van der Waals surface area (Å²) in [5.74, 6) is -2.11. The third-order valence-electron chi connectivity index (χ3n) is 3.15. The maximum absolute atomic E-state index is 11.9. The van der Waals surface area contributed by atoms with Crippen LogP contribution in [-0.2, 0) is 20.9 Å². The lowest BCUT2D eigenvalue weighted by molar-refractivity contribution is -0.157. The van der Waals surface area contributed by atoms with E-state index in [1.54, 1.807) is 13.8 Å². The monoisotopic (exact) mass is 264 g/mol. The first-order chi connectivity index (χ1) is 8.78. The number of hydrogen-bond donors (Lipinski definition) is 2. The molecule has 0 fully saturated rings. The first-order valence-corrected chi connectivity index (χ1v) is 6.10. The fourth-order valence-electron chi connectivity index (χ4n) is 1.57. The molecule has 19 heavy (non-hydrogen) atoms. The highest BCUT2D eigenvalue weighted by Crippen LogP contribution is 2.16. The Bertz CT molecular complexity index is 468. The smallest absolute Gasteiger partial charge is 0.336 e. The van der Waals surface area contributed by atoms with Gasteiger partial charge in [-0.3, -0.25) is 4.79 Å². The summed E-state index contributed by atoms with van der Waals surface area (Å²) < 4.78 is 5.09. The molecule has 0 bridgehead atoms. The molecule has 5 heteroatoms. The number of primary amides is 1. The van der Waals surface area contributed by atoms with E-state index in [0.717, 1.165) is 11.1 Å². The maximum Gasteiger partial charge on any atom is 0.336 e. The Morgan fingerprint density at radius 1 is 1.26 bits per heavy atom. The average molecular weight is 264 g/mol. The van der Waals surface area contributed by atoms with Crippen LogP contribution in [0.15, 0.2) is 24.3 Å². The molecule has 0 unspecified atom stereocenters. The first-order valence-electron chi connectivity index (χ1n) is 6.10. The van der Waals surface area contributed by atoms with Crippen LogP contribution in [0, 0.1) is 12.8 Å². The van der Waals surface area contributed by atoms with Crippen molar-refractivity contribution < 1.29 is 14.3 Å². The molecule has 1 aromatic rings. The molecule has 104 valence electrons. The molecule has 0 saturated carbocycles. The molecule has 0 heterocycles. The van der Waals surface area contributed by atoms with Gasteiger partial charge in [-0.1, -0.05) is 43.7 Å². The molecule has 4 N–H and O–H groups in total. The highest BCUT2D eigenvalue weighted by Gasteiger charge is 2.45. The minimum Gasteiger partial charge on any atom is -0.459 e. The zero-order valence-corrected chi connectivity index (χ0v) is 11.5. The Hall–Kier alpha value is -1.88. The summed E-state index contributed by atoms with van der Waals surface area (Å²) in [6.45, 7) is 5.33. The van der Waals surface area contributed by atoms with E-state index in [2.05, 4.69) is 0 Å². The Kier molecular flexibility index (Phi) is 4.67. The number of benzene rings is 1. The largest absolute Gasteiger partial charge is 0.459 e. The van der Waals surface area contributed by atoms with E-state index in [-0.39, 0.29) is 6.61 Å². The lowest BCUT2D eigenvalue weighted by Gasteiger charge is -2.27.